The largest absolute Gasteiger partial charge is 0.497 e. The summed E-state index contributed by atoms with van der Waals surface area (Å²) in [5, 5.41) is 0. The molecule has 2 rings (SSSR count). The summed E-state index contributed by atoms with van der Waals surface area (Å²) in [6.45, 7) is 0.833. The number of hydrogen-bond acceptors (Lipinski definition) is 2. The van der Waals surface area contributed by atoms with Crippen molar-refractivity contribution in [3.05, 3.63) is 29.3 Å². The molecule has 0 aliphatic heterocycles. The number of hydrogen-bond donors (Lipinski definition) is 0. The predicted molar refractivity (Wildman–Crippen MR) is 60.5 cm³/mol. The average molecular weight is 206 g/mol. The van der Waals surface area contributed by atoms with E-state index in [-0.39, 0.29) is 0 Å². The van der Waals surface area contributed by atoms with Crippen molar-refractivity contribution in [2.24, 2.45) is 0 Å². The molecule has 82 valence electrons. The van der Waals surface area contributed by atoms with Crippen LogP contribution in [0, 0.1) is 0 Å². The van der Waals surface area contributed by atoms with Crippen molar-refractivity contribution in [3.8, 4) is 5.75 Å². The molecule has 0 amide bonds. The molecule has 0 fully saturated rings. The minimum Gasteiger partial charge on any atom is -0.497 e. The van der Waals surface area contributed by atoms with E-state index in [4.69, 9.17) is 9.47 Å². The number of benzene rings is 1. The molecule has 0 N–H and O–H groups in total. The van der Waals surface area contributed by atoms with Crippen molar-refractivity contribution in [2.45, 2.75) is 25.2 Å². The Morgan fingerprint density at radius 3 is 2.93 bits per heavy atom. The summed E-state index contributed by atoms with van der Waals surface area (Å²) in [4.78, 5) is 0. The van der Waals surface area contributed by atoms with Crippen LogP contribution in [0.15, 0.2) is 18.2 Å². The fraction of sp³-hybridized carbons (Fsp3) is 0.538. The van der Waals surface area contributed by atoms with E-state index in [1.807, 2.05) is 6.07 Å². The molecule has 1 aliphatic carbocycles. The monoisotopic (exact) mass is 206 g/mol. The Kier molecular flexibility index (Phi) is 3.27. The Morgan fingerprint density at radius 1 is 1.33 bits per heavy atom. The molecule has 1 aromatic carbocycles. The van der Waals surface area contributed by atoms with Crippen LogP contribution in [0.5, 0.6) is 5.75 Å². The Morgan fingerprint density at radius 2 is 2.20 bits per heavy atom. The van der Waals surface area contributed by atoms with Gasteiger partial charge in [-0.15, -0.1) is 0 Å². The van der Waals surface area contributed by atoms with E-state index in [1.54, 1.807) is 14.2 Å². The fourth-order valence-corrected chi connectivity index (χ4v) is 2.39. The van der Waals surface area contributed by atoms with Gasteiger partial charge >= 0.3 is 0 Å². The molecule has 0 aromatic heterocycles. The molecule has 2 heteroatoms. The zero-order valence-electron chi connectivity index (χ0n) is 9.45. The zero-order chi connectivity index (χ0) is 10.7. The first-order chi connectivity index (χ1) is 7.35. The highest BCUT2D eigenvalue weighted by Gasteiger charge is 2.20. The van der Waals surface area contributed by atoms with Gasteiger partial charge in [0.05, 0.1) is 13.7 Å². The van der Waals surface area contributed by atoms with Gasteiger partial charge < -0.3 is 9.47 Å². The van der Waals surface area contributed by atoms with E-state index in [1.165, 1.54) is 30.4 Å². The summed E-state index contributed by atoms with van der Waals surface area (Å²) in [7, 11) is 3.50. The van der Waals surface area contributed by atoms with E-state index >= 15 is 0 Å². The highest BCUT2D eigenvalue weighted by Crippen LogP contribution is 2.33. The normalized spacial score (nSPS) is 19.7. The van der Waals surface area contributed by atoms with Crippen molar-refractivity contribution in [2.75, 3.05) is 20.8 Å². The summed E-state index contributed by atoms with van der Waals surface area (Å²) in [6, 6.07) is 6.40. The van der Waals surface area contributed by atoms with Gasteiger partial charge in [-0.25, -0.2) is 0 Å². The van der Waals surface area contributed by atoms with Crippen LogP contribution >= 0.6 is 0 Å². The first kappa shape index (κ1) is 10.5. The van der Waals surface area contributed by atoms with Gasteiger partial charge in [0, 0.05) is 13.0 Å². The summed E-state index contributed by atoms with van der Waals surface area (Å²) < 4.78 is 10.5. The van der Waals surface area contributed by atoms with Crippen LogP contribution in [0.4, 0.5) is 0 Å². The second kappa shape index (κ2) is 4.67. The lowest BCUT2D eigenvalue weighted by Crippen LogP contribution is -2.14. The van der Waals surface area contributed by atoms with Gasteiger partial charge in [-0.05, 0) is 42.5 Å². The Hall–Kier alpha value is -1.02. The second-order valence-electron chi connectivity index (χ2n) is 4.11. The molecule has 0 saturated heterocycles. The van der Waals surface area contributed by atoms with Crippen LogP contribution in [0.2, 0.25) is 0 Å². The van der Waals surface area contributed by atoms with Gasteiger partial charge in [0.25, 0.3) is 0 Å². The number of methoxy groups -OCH3 is 2. The second-order valence-corrected chi connectivity index (χ2v) is 4.11. The predicted octanol–water partition coefficient (Wildman–Crippen LogP) is 2.76. The first-order valence-corrected chi connectivity index (χ1v) is 5.51. The third-order valence-corrected chi connectivity index (χ3v) is 3.16. The number of rotatable bonds is 3. The van der Waals surface area contributed by atoms with Crippen LogP contribution in [-0.2, 0) is 11.2 Å². The maximum absolute atomic E-state index is 5.26. The van der Waals surface area contributed by atoms with Crippen molar-refractivity contribution >= 4 is 0 Å². The molecule has 0 saturated carbocycles. The van der Waals surface area contributed by atoms with Crippen LogP contribution in [0.25, 0.3) is 0 Å². The summed E-state index contributed by atoms with van der Waals surface area (Å²) in [5.74, 6) is 1.54. The lowest BCUT2D eigenvalue weighted by atomic mass is 9.83. The number of aryl methyl sites for hydroxylation is 1. The molecule has 1 atom stereocenters. The molecule has 2 nitrogen and oxygen atoms in total. The maximum atomic E-state index is 5.26. The molecule has 0 bridgehead atoms. The molecule has 1 aliphatic rings. The SMILES string of the molecule is COCC1CCCc2cc(OC)ccc21. The van der Waals surface area contributed by atoms with E-state index in [2.05, 4.69) is 12.1 Å². The average Bonchev–Trinajstić information content (AvgIpc) is 2.29. The topological polar surface area (TPSA) is 18.5 Å². The lowest BCUT2D eigenvalue weighted by molar-refractivity contribution is 0.172. The van der Waals surface area contributed by atoms with E-state index in [0.717, 1.165) is 12.4 Å². The highest BCUT2D eigenvalue weighted by atomic mass is 16.5. The third kappa shape index (κ3) is 2.15. The molecular weight excluding hydrogens is 188 g/mol. The van der Waals surface area contributed by atoms with Crippen molar-refractivity contribution < 1.29 is 9.47 Å². The van der Waals surface area contributed by atoms with Gasteiger partial charge in [-0.2, -0.15) is 0 Å². The van der Waals surface area contributed by atoms with E-state index < -0.39 is 0 Å². The lowest BCUT2D eigenvalue weighted by Gasteiger charge is -2.25. The van der Waals surface area contributed by atoms with E-state index in [9.17, 15) is 0 Å². The Balaban J connectivity index is 2.28. The standard InChI is InChI=1S/C13H18O2/c1-14-9-11-5-3-4-10-8-12(15-2)6-7-13(10)11/h6-8,11H,3-5,9H2,1-2H3. The van der Waals surface area contributed by atoms with Crippen molar-refractivity contribution in [1.82, 2.24) is 0 Å². The molecule has 1 unspecified atom stereocenters. The van der Waals surface area contributed by atoms with Gasteiger partial charge in [-0.3, -0.25) is 0 Å². The Bertz CT molecular complexity index is 333. The number of fused-ring (bicyclic) bond motifs is 1. The van der Waals surface area contributed by atoms with E-state index in [0.29, 0.717) is 5.92 Å². The molecule has 0 spiro atoms. The molecule has 1 aromatic rings. The smallest absolute Gasteiger partial charge is 0.119 e. The Labute approximate surface area is 91.2 Å². The third-order valence-electron chi connectivity index (χ3n) is 3.16. The molecule has 0 radical (unpaired) electrons. The van der Waals surface area contributed by atoms with Crippen molar-refractivity contribution in [3.63, 3.8) is 0 Å². The summed E-state index contributed by atoms with van der Waals surface area (Å²) in [6.07, 6.45) is 3.67. The van der Waals surface area contributed by atoms with Gasteiger partial charge in [-0.1, -0.05) is 6.07 Å². The van der Waals surface area contributed by atoms with Crippen LogP contribution in [-0.4, -0.2) is 20.8 Å². The molecule has 15 heavy (non-hydrogen) atoms. The quantitative estimate of drug-likeness (QED) is 0.757. The van der Waals surface area contributed by atoms with Crippen LogP contribution < -0.4 is 4.74 Å². The van der Waals surface area contributed by atoms with Gasteiger partial charge in [0.15, 0.2) is 0 Å². The minimum atomic E-state index is 0.574. The van der Waals surface area contributed by atoms with Crippen molar-refractivity contribution in [1.29, 1.82) is 0 Å². The zero-order valence-corrected chi connectivity index (χ0v) is 9.45. The molecular formula is C13H18O2. The van der Waals surface area contributed by atoms with Crippen LogP contribution in [0.3, 0.4) is 0 Å². The molecule has 0 heterocycles. The maximum Gasteiger partial charge on any atom is 0.119 e. The van der Waals surface area contributed by atoms with Gasteiger partial charge in [0.1, 0.15) is 5.75 Å². The summed E-state index contributed by atoms with van der Waals surface area (Å²) >= 11 is 0. The summed E-state index contributed by atoms with van der Waals surface area (Å²) in [5.41, 5.74) is 2.88. The number of ether oxygens (including phenoxy) is 2. The van der Waals surface area contributed by atoms with Gasteiger partial charge in [0.2, 0.25) is 0 Å². The highest BCUT2D eigenvalue weighted by molar-refractivity contribution is 5.39. The van der Waals surface area contributed by atoms with Crippen LogP contribution in [0.1, 0.15) is 29.9 Å². The first-order valence-electron chi connectivity index (χ1n) is 5.51. The fourth-order valence-electron chi connectivity index (χ4n) is 2.39. The minimum absolute atomic E-state index is 0.574.